The summed E-state index contributed by atoms with van der Waals surface area (Å²) >= 11 is 0. The highest BCUT2D eigenvalue weighted by Gasteiger charge is 2.12. The quantitative estimate of drug-likeness (QED) is 0.453. The zero-order valence-corrected chi connectivity index (χ0v) is 5.94. The van der Waals surface area contributed by atoms with Gasteiger partial charge >= 0.3 is 0 Å². The lowest BCUT2D eigenvalue weighted by Crippen LogP contribution is -1.98. The van der Waals surface area contributed by atoms with Crippen LogP contribution >= 0.6 is 0 Å². The summed E-state index contributed by atoms with van der Waals surface area (Å²) in [5.41, 5.74) is 0. The molecule has 0 amide bonds. The molecule has 0 saturated heterocycles. The van der Waals surface area contributed by atoms with Crippen LogP contribution in [0.5, 0.6) is 0 Å². The van der Waals surface area contributed by atoms with Crippen LogP contribution in [0.15, 0.2) is 0 Å². The summed E-state index contributed by atoms with van der Waals surface area (Å²) in [6.07, 6.45) is 5.07. The fourth-order valence-corrected chi connectivity index (χ4v) is 1.26. The van der Waals surface area contributed by atoms with Crippen LogP contribution in [-0.2, 0) is 4.79 Å². The molecule has 0 unspecified atom stereocenters. The van der Waals surface area contributed by atoms with Gasteiger partial charge < -0.3 is 0 Å². The van der Waals surface area contributed by atoms with E-state index in [2.05, 4.69) is 6.92 Å². The molecule has 0 aliphatic heterocycles. The number of ketones is 1. The first-order valence-electron chi connectivity index (χ1n) is 3.62. The Morgan fingerprint density at radius 2 is 1.89 bits per heavy atom. The minimum Gasteiger partial charge on any atom is -0.300 e. The lowest BCUT2D eigenvalue weighted by atomic mass is 10.0. The lowest BCUT2D eigenvalue weighted by molar-refractivity contribution is -0.118. The van der Waals surface area contributed by atoms with Crippen LogP contribution in [0.4, 0.5) is 0 Å². The standard InChI is InChI=1S/C8H13O/c1-7-4-2-3-5-8(9)6-7/h2-6H2,1H3. The molecule has 1 nitrogen and oxygen atoms in total. The van der Waals surface area contributed by atoms with E-state index in [1.807, 2.05) is 0 Å². The van der Waals surface area contributed by atoms with Crippen molar-refractivity contribution in [2.24, 2.45) is 0 Å². The molecule has 0 aromatic heterocycles. The van der Waals surface area contributed by atoms with Gasteiger partial charge in [-0.25, -0.2) is 0 Å². The van der Waals surface area contributed by atoms with Gasteiger partial charge in [0, 0.05) is 12.8 Å². The van der Waals surface area contributed by atoms with Crippen LogP contribution in [-0.4, -0.2) is 5.78 Å². The predicted molar refractivity (Wildman–Crippen MR) is 37.0 cm³/mol. The first kappa shape index (κ1) is 6.79. The summed E-state index contributed by atoms with van der Waals surface area (Å²) in [6.45, 7) is 2.09. The number of carbonyl (C=O) groups excluding carboxylic acids is 1. The minimum absolute atomic E-state index is 0.435. The summed E-state index contributed by atoms with van der Waals surface area (Å²) in [5, 5.41) is 0. The van der Waals surface area contributed by atoms with Gasteiger partial charge in [0.15, 0.2) is 0 Å². The Bertz CT molecular complexity index is 107. The molecule has 51 valence electrons. The maximum Gasteiger partial charge on any atom is 0.133 e. The Kier molecular flexibility index (Phi) is 2.26. The van der Waals surface area contributed by atoms with Gasteiger partial charge in [0.05, 0.1) is 0 Å². The number of hydrogen-bond acceptors (Lipinski definition) is 1. The molecule has 1 aliphatic carbocycles. The second kappa shape index (κ2) is 3.00. The number of rotatable bonds is 0. The van der Waals surface area contributed by atoms with Crippen LogP contribution in [0.2, 0.25) is 0 Å². The van der Waals surface area contributed by atoms with Crippen molar-refractivity contribution in [3.8, 4) is 0 Å². The van der Waals surface area contributed by atoms with E-state index in [4.69, 9.17) is 0 Å². The van der Waals surface area contributed by atoms with Gasteiger partial charge in [-0.15, -0.1) is 0 Å². The molecule has 0 atom stereocenters. The van der Waals surface area contributed by atoms with Gasteiger partial charge in [-0.05, 0) is 18.8 Å². The van der Waals surface area contributed by atoms with E-state index in [1.54, 1.807) is 0 Å². The monoisotopic (exact) mass is 125 g/mol. The normalized spacial score (nSPS) is 23.9. The molecule has 1 saturated carbocycles. The maximum absolute atomic E-state index is 10.9. The molecule has 0 heterocycles. The average molecular weight is 125 g/mol. The van der Waals surface area contributed by atoms with Crippen molar-refractivity contribution in [3.05, 3.63) is 5.92 Å². The molecule has 0 spiro atoms. The van der Waals surface area contributed by atoms with Crippen LogP contribution < -0.4 is 0 Å². The van der Waals surface area contributed by atoms with Crippen molar-refractivity contribution in [2.75, 3.05) is 0 Å². The van der Waals surface area contributed by atoms with Crippen molar-refractivity contribution in [1.82, 2.24) is 0 Å². The van der Waals surface area contributed by atoms with Crippen LogP contribution in [0.25, 0.3) is 0 Å². The zero-order valence-electron chi connectivity index (χ0n) is 5.94. The van der Waals surface area contributed by atoms with Gasteiger partial charge in [0.1, 0.15) is 5.78 Å². The minimum atomic E-state index is 0.435. The Balaban J connectivity index is 2.37. The molecular formula is C8H13O. The van der Waals surface area contributed by atoms with Crippen molar-refractivity contribution in [2.45, 2.75) is 39.0 Å². The van der Waals surface area contributed by atoms with Gasteiger partial charge in [-0.3, -0.25) is 4.79 Å². The van der Waals surface area contributed by atoms with Gasteiger partial charge in [0.25, 0.3) is 0 Å². The smallest absolute Gasteiger partial charge is 0.133 e. The molecular weight excluding hydrogens is 112 g/mol. The molecule has 1 radical (unpaired) electrons. The summed E-state index contributed by atoms with van der Waals surface area (Å²) in [5.74, 6) is 1.81. The number of carbonyl (C=O) groups is 1. The number of Topliss-reactive ketones (excluding diaryl/α,β-unsaturated/α-hetero) is 1. The van der Waals surface area contributed by atoms with E-state index >= 15 is 0 Å². The summed E-state index contributed by atoms with van der Waals surface area (Å²) in [7, 11) is 0. The largest absolute Gasteiger partial charge is 0.300 e. The van der Waals surface area contributed by atoms with E-state index < -0.39 is 0 Å². The molecule has 0 bridgehead atoms. The Morgan fingerprint density at radius 1 is 1.22 bits per heavy atom. The Labute approximate surface area is 56.4 Å². The van der Waals surface area contributed by atoms with E-state index in [0.29, 0.717) is 5.78 Å². The van der Waals surface area contributed by atoms with E-state index in [9.17, 15) is 4.79 Å². The fraction of sp³-hybridized carbons (Fsp3) is 0.750. The van der Waals surface area contributed by atoms with E-state index in [0.717, 1.165) is 19.3 Å². The second-order valence-electron chi connectivity index (χ2n) is 2.88. The van der Waals surface area contributed by atoms with Crippen LogP contribution in [0.3, 0.4) is 0 Å². The summed E-state index contributed by atoms with van der Waals surface area (Å²) in [6, 6.07) is 0. The predicted octanol–water partition coefficient (Wildman–Crippen LogP) is 2.11. The van der Waals surface area contributed by atoms with Crippen LogP contribution in [0.1, 0.15) is 39.0 Å². The molecule has 0 aromatic rings. The molecule has 0 N–H and O–H groups in total. The Hall–Kier alpha value is -0.330. The van der Waals surface area contributed by atoms with Gasteiger partial charge in [0.2, 0.25) is 0 Å². The third kappa shape index (κ3) is 2.17. The lowest BCUT2D eigenvalue weighted by Gasteiger charge is -2.01. The van der Waals surface area contributed by atoms with Gasteiger partial charge in [-0.1, -0.05) is 13.3 Å². The summed E-state index contributed by atoms with van der Waals surface area (Å²) < 4.78 is 0. The maximum atomic E-state index is 10.9. The van der Waals surface area contributed by atoms with Crippen LogP contribution in [0, 0.1) is 5.92 Å². The van der Waals surface area contributed by atoms with Crippen molar-refractivity contribution >= 4 is 5.78 Å². The summed E-state index contributed by atoms with van der Waals surface area (Å²) in [4.78, 5) is 10.9. The molecule has 0 aromatic carbocycles. The topological polar surface area (TPSA) is 17.1 Å². The molecule has 1 aliphatic rings. The third-order valence-corrected chi connectivity index (χ3v) is 1.81. The Morgan fingerprint density at radius 3 is 2.67 bits per heavy atom. The molecule has 9 heavy (non-hydrogen) atoms. The van der Waals surface area contributed by atoms with Gasteiger partial charge in [-0.2, -0.15) is 0 Å². The highest BCUT2D eigenvalue weighted by molar-refractivity contribution is 5.80. The molecule has 1 heteroatoms. The average Bonchev–Trinajstić information content (AvgIpc) is 1.93. The van der Waals surface area contributed by atoms with E-state index in [1.165, 1.54) is 18.8 Å². The third-order valence-electron chi connectivity index (χ3n) is 1.81. The van der Waals surface area contributed by atoms with E-state index in [-0.39, 0.29) is 0 Å². The highest BCUT2D eigenvalue weighted by atomic mass is 16.1. The van der Waals surface area contributed by atoms with Crippen molar-refractivity contribution in [3.63, 3.8) is 0 Å². The molecule has 1 fully saturated rings. The highest BCUT2D eigenvalue weighted by Crippen LogP contribution is 2.20. The first-order chi connectivity index (χ1) is 4.29. The van der Waals surface area contributed by atoms with Crippen molar-refractivity contribution in [1.29, 1.82) is 0 Å². The zero-order chi connectivity index (χ0) is 6.69. The van der Waals surface area contributed by atoms with Crippen molar-refractivity contribution < 1.29 is 4.79 Å². The fourth-order valence-electron chi connectivity index (χ4n) is 1.26. The number of hydrogen-bond donors (Lipinski definition) is 0. The SMILES string of the molecule is C[C]1CCCCC(=O)C1. The first-order valence-corrected chi connectivity index (χ1v) is 3.62. The molecule has 1 rings (SSSR count). The second-order valence-corrected chi connectivity index (χ2v) is 2.88.